The summed E-state index contributed by atoms with van der Waals surface area (Å²) in [5.74, 6) is -0.644. The number of aliphatic hydroxyl groups is 1. The van der Waals surface area contributed by atoms with Crippen LogP contribution >= 0.6 is 0 Å². The van der Waals surface area contributed by atoms with Gasteiger partial charge in [0.1, 0.15) is 0 Å². The Morgan fingerprint density at radius 3 is 2.50 bits per heavy atom. The van der Waals surface area contributed by atoms with Crippen LogP contribution < -0.4 is 5.76 Å². The van der Waals surface area contributed by atoms with Crippen LogP contribution in [0.2, 0.25) is 0 Å². The first kappa shape index (κ1) is 13.9. The van der Waals surface area contributed by atoms with Crippen LogP contribution in [-0.4, -0.2) is 25.4 Å². The van der Waals surface area contributed by atoms with E-state index in [0.717, 1.165) is 4.68 Å². The van der Waals surface area contributed by atoms with Crippen LogP contribution in [0.1, 0.15) is 13.8 Å². The molecule has 0 amide bonds. The molecule has 8 nitrogen and oxygen atoms in total. The molecule has 2 rings (SSSR count). The second-order valence-corrected chi connectivity index (χ2v) is 4.95. The number of hydrogen-bond acceptors (Lipinski definition) is 6. The molecule has 0 radical (unpaired) electrons. The van der Waals surface area contributed by atoms with E-state index in [1.165, 1.54) is 24.3 Å². The Labute approximate surface area is 113 Å². The van der Waals surface area contributed by atoms with Gasteiger partial charge in [0.05, 0.1) is 17.1 Å². The number of aromatic nitrogens is 2. The largest absolute Gasteiger partial charge is 0.437 e. The average molecular weight is 279 g/mol. The molecule has 0 aliphatic heterocycles. The molecule has 0 saturated carbocycles. The van der Waals surface area contributed by atoms with E-state index in [4.69, 9.17) is 4.42 Å². The van der Waals surface area contributed by atoms with Gasteiger partial charge in [0.2, 0.25) is 5.89 Å². The summed E-state index contributed by atoms with van der Waals surface area (Å²) in [6.07, 6.45) is 0. The fraction of sp³-hybridized carbons (Fsp3) is 0.333. The number of rotatable bonds is 4. The van der Waals surface area contributed by atoms with Gasteiger partial charge < -0.3 is 9.52 Å². The SMILES string of the molecule is CC(C)(O)Cn1nc(-c2ccc([N+](=O)[O-])cc2)oc1=O. The Morgan fingerprint density at radius 2 is 2.00 bits per heavy atom. The lowest BCUT2D eigenvalue weighted by molar-refractivity contribution is -0.384. The highest BCUT2D eigenvalue weighted by molar-refractivity contribution is 5.55. The van der Waals surface area contributed by atoms with E-state index in [1.54, 1.807) is 13.8 Å². The summed E-state index contributed by atoms with van der Waals surface area (Å²) in [4.78, 5) is 21.6. The lowest BCUT2D eigenvalue weighted by atomic mass is 10.1. The van der Waals surface area contributed by atoms with E-state index in [9.17, 15) is 20.0 Å². The van der Waals surface area contributed by atoms with Crippen molar-refractivity contribution in [2.24, 2.45) is 0 Å². The van der Waals surface area contributed by atoms with Crippen LogP contribution in [0.25, 0.3) is 11.5 Å². The first-order valence-corrected chi connectivity index (χ1v) is 5.81. The van der Waals surface area contributed by atoms with Gasteiger partial charge in [0.15, 0.2) is 0 Å². The lowest BCUT2D eigenvalue weighted by Gasteiger charge is -2.14. The zero-order valence-electron chi connectivity index (χ0n) is 10.9. The molecule has 1 heterocycles. The van der Waals surface area contributed by atoms with Crippen molar-refractivity contribution in [3.63, 3.8) is 0 Å². The quantitative estimate of drug-likeness (QED) is 0.664. The molecule has 1 aromatic carbocycles. The molecule has 8 heteroatoms. The van der Waals surface area contributed by atoms with E-state index in [1.807, 2.05) is 0 Å². The smallest absolute Gasteiger partial charge is 0.389 e. The number of nitro groups is 1. The van der Waals surface area contributed by atoms with Crippen LogP contribution in [-0.2, 0) is 6.54 Å². The predicted molar refractivity (Wildman–Crippen MR) is 69.2 cm³/mol. The maximum Gasteiger partial charge on any atom is 0.437 e. The third kappa shape index (κ3) is 3.09. The minimum absolute atomic E-state index is 0.0116. The molecule has 0 atom stereocenters. The second kappa shape index (κ2) is 4.89. The van der Waals surface area contributed by atoms with Gasteiger partial charge in [-0.1, -0.05) is 0 Å². The van der Waals surface area contributed by atoms with Gasteiger partial charge in [-0.05, 0) is 26.0 Å². The Bertz CT molecular complexity index is 678. The highest BCUT2D eigenvalue weighted by Crippen LogP contribution is 2.19. The summed E-state index contributed by atoms with van der Waals surface area (Å²) in [7, 11) is 0. The molecule has 0 aliphatic rings. The molecule has 0 saturated heterocycles. The third-order valence-electron chi connectivity index (χ3n) is 2.47. The summed E-state index contributed by atoms with van der Waals surface area (Å²) in [5.41, 5.74) is -0.720. The standard InChI is InChI=1S/C12H13N3O5/c1-12(2,17)7-14-11(16)20-10(13-14)8-3-5-9(6-4-8)15(18)19/h3-6,17H,7H2,1-2H3. The summed E-state index contributed by atoms with van der Waals surface area (Å²) in [6.45, 7) is 3.07. The van der Waals surface area contributed by atoms with Crippen molar-refractivity contribution in [3.8, 4) is 11.5 Å². The van der Waals surface area contributed by atoms with Crippen molar-refractivity contribution in [1.29, 1.82) is 0 Å². The van der Waals surface area contributed by atoms with Crippen LogP contribution in [0, 0.1) is 10.1 Å². The molecule has 0 aliphatic carbocycles. The fourth-order valence-corrected chi connectivity index (χ4v) is 1.62. The first-order chi connectivity index (χ1) is 9.26. The summed E-state index contributed by atoms with van der Waals surface area (Å²) in [6, 6.07) is 5.48. The van der Waals surface area contributed by atoms with Gasteiger partial charge in [0.25, 0.3) is 5.69 Å². The van der Waals surface area contributed by atoms with E-state index < -0.39 is 16.3 Å². The molecule has 0 spiro atoms. The Morgan fingerprint density at radius 1 is 1.40 bits per heavy atom. The predicted octanol–water partition coefficient (Wildman–Crippen LogP) is 1.18. The van der Waals surface area contributed by atoms with Crippen molar-refractivity contribution in [2.45, 2.75) is 26.0 Å². The van der Waals surface area contributed by atoms with Crippen molar-refractivity contribution >= 4 is 5.69 Å². The monoisotopic (exact) mass is 279 g/mol. The molecule has 2 aromatic rings. The topological polar surface area (TPSA) is 111 Å². The minimum atomic E-state index is -1.10. The normalized spacial score (nSPS) is 11.6. The van der Waals surface area contributed by atoms with Gasteiger partial charge in [-0.25, -0.2) is 4.79 Å². The van der Waals surface area contributed by atoms with Gasteiger partial charge in [-0.3, -0.25) is 10.1 Å². The molecule has 0 unspecified atom stereocenters. The van der Waals surface area contributed by atoms with Crippen LogP contribution in [0.4, 0.5) is 5.69 Å². The molecule has 1 aromatic heterocycles. The summed E-state index contributed by atoms with van der Waals surface area (Å²) >= 11 is 0. The van der Waals surface area contributed by atoms with Gasteiger partial charge in [0, 0.05) is 17.7 Å². The van der Waals surface area contributed by atoms with E-state index in [0.29, 0.717) is 5.56 Å². The van der Waals surface area contributed by atoms with Crippen molar-refractivity contribution in [3.05, 3.63) is 44.9 Å². The zero-order valence-corrected chi connectivity index (χ0v) is 10.9. The maximum atomic E-state index is 11.6. The zero-order chi connectivity index (χ0) is 14.9. The van der Waals surface area contributed by atoms with Crippen molar-refractivity contribution < 1.29 is 14.4 Å². The molecule has 0 fully saturated rings. The summed E-state index contributed by atoms with van der Waals surface area (Å²) < 4.78 is 5.97. The Kier molecular flexibility index (Phi) is 3.41. The first-order valence-electron chi connectivity index (χ1n) is 5.81. The number of non-ortho nitro benzene ring substituents is 1. The number of nitrogens with zero attached hydrogens (tertiary/aromatic N) is 3. The Hall–Kier alpha value is -2.48. The second-order valence-electron chi connectivity index (χ2n) is 4.95. The average Bonchev–Trinajstić information content (AvgIpc) is 2.69. The van der Waals surface area contributed by atoms with E-state index in [2.05, 4.69) is 5.10 Å². The molecule has 106 valence electrons. The molecule has 0 bridgehead atoms. The van der Waals surface area contributed by atoms with Gasteiger partial charge >= 0.3 is 5.76 Å². The molecular formula is C12H13N3O5. The Balaban J connectivity index is 2.32. The number of benzene rings is 1. The summed E-state index contributed by atoms with van der Waals surface area (Å²) in [5, 5.41) is 24.2. The van der Waals surface area contributed by atoms with E-state index >= 15 is 0 Å². The molecule has 1 N–H and O–H groups in total. The highest BCUT2D eigenvalue weighted by Gasteiger charge is 2.19. The van der Waals surface area contributed by atoms with Crippen LogP contribution in [0.5, 0.6) is 0 Å². The third-order valence-corrected chi connectivity index (χ3v) is 2.47. The number of nitro benzene ring substituents is 1. The lowest BCUT2D eigenvalue weighted by Crippen LogP contribution is -2.31. The minimum Gasteiger partial charge on any atom is -0.389 e. The van der Waals surface area contributed by atoms with E-state index in [-0.39, 0.29) is 18.1 Å². The van der Waals surface area contributed by atoms with Crippen molar-refractivity contribution in [2.75, 3.05) is 0 Å². The number of hydrogen-bond donors (Lipinski definition) is 1. The van der Waals surface area contributed by atoms with Crippen LogP contribution in [0.3, 0.4) is 0 Å². The highest BCUT2D eigenvalue weighted by atomic mass is 16.6. The fourth-order valence-electron chi connectivity index (χ4n) is 1.62. The maximum absolute atomic E-state index is 11.6. The molecule has 20 heavy (non-hydrogen) atoms. The van der Waals surface area contributed by atoms with Gasteiger partial charge in [-0.2, -0.15) is 4.68 Å². The van der Waals surface area contributed by atoms with Crippen molar-refractivity contribution in [1.82, 2.24) is 9.78 Å². The van der Waals surface area contributed by atoms with Crippen LogP contribution in [0.15, 0.2) is 33.5 Å². The molecular weight excluding hydrogens is 266 g/mol. The van der Waals surface area contributed by atoms with Gasteiger partial charge in [-0.15, -0.1) is 5.10 Å².